The van der Waals surface area contributed by atoms with Crippen LogP contribution in [0.2, 0.25) is 0 Å². The summed E-state index contributed by atoms with van der Waals surface area (Å²) in [7, 11) is 0. The quantitative estimate of drug-likeness (QED) is 0.679. The van der Waals surface area contributed by atoms with Gasteiger partial charge in [0.05, 0.1) is 0 Å². The van der Waals surface area contributed by atoms with Gasteiger partial charge in [-0.2, -0.15) is 0 Å². The lowest BCUT2D eigenvalue weighted by Crippen LogP contribution is -2.43. The van der Waals surface area contributed by atoms with Crippen LogP contribution in [-0.2, 0) is 4.79 Å². The molecule has 0 aromatic heterocycles. The third-order valence-corrected chi connectivity index (χ3v) is 3.47. The Morgan fingerprint density at radius 2 is 2.14 bits per heavy atom. The van der Waals surface area contributed by atoms with Gasteiger partial charge in [-0.3, -0.25) is 10.1 Å². The van der Waals surface area contributed by atoms with Crippen LogP contribution in [0.3, 0.4) is 0 Å². The lowest BCUT2D eigenvalue weighted by molar-refractivity contribution is -0.139. The molecule has 0 amide bonds. The second kappa shape index (κ2) is 4.30. The maximum atomic E-state index is 10.7. The van der Waals surface area contributed by atoms with Crippen LogP contribution in [0.25, 0.3) is 0 Å². The van der Waals surface area contributed by atoms with E-state index in [1.54, 1.807) is 0 Å². The lowest BCUT2D eigenvalue weighted by atomic mass is 9.91. The van der Waals surface area contributed by atoms with Crippen molar-refractivity contribution in [2.75, 3.05) is 0 Å². The first kappa shape index (κ1) is 11.5. The Morgan fingerprint density at radius 3 is 2.64 bits per heavy atom. The Morgan fingerprint density at radius 1 is 1.50 bits per heavy atom. The molecule has 14 heavy (non-hydrogen) atoms. The van der Waals surface area contributed by atoms with Crippen molar-refractivity contribution in [2.24, 2.45) is 5.92 Å². The number of hydrogen-bond acceptors (Lipinski definition) is 2. The second-order valence-corrected chi connectivity index (χ2v) is 4.28. The third-order valence-electron chi connectivity index (χ3n) is 3.47. The van der Waals surface area contributed by atoms with Crippen LogP contribution in [-0.4, -0.2) is 22.7 Å². The zero-order valence-electron chi connectivity index (χ0n) is 9.34. The average molecular weight is 199 g/mol. The molecule has 0 radical (unpaired) electrons. The van der Waals surface area contributed by atoms with Crippen LogP contribution < -0.4 is 5.32 Å². The number of nitrogens with one attached hydrogen (secondary N) is 1. The molecule has 2 unspecified atom stereocenters. The van der Waals surface area contributed by atoms with Gasteiger partial charge >= 0.3 is 5.97 Å². The Balaban J connectivity index is 0.000000461. The van der Waals surface area contributed by atoms with Gasteiger partial charge in [-0.25, -0.2) is 0 Å². The molecule has 1 heterocycles. The molecule has 1 aliphatic heterocycles. The Labute approximate surface area is 85.9 Å². The summed E-state index contributed by atoms with van der Waals surface area (Å²) in [6.45, 7) is 6.16. The smallest absolute Gasteiger partial charge is 0.320 e. The first-order chi connectivity index (χ1) is 6.62. The van der Waals surface area contributed by atoms with Crippen molar-refractivity contribution in [3.05, 3.63) is 0 Å². The monoisotopic (exact) mass is 199 g/mol. The number of aliphatic carboxylic acids is 1. The number of carboxylic acids is 1. The highest BCUT2D eigenvalue weighted by molar-refractivity contribution is 5.74. The fourth-order valence-electron chi connectivity index (χ4n) is 2.71. The van der Waals surface area contributed by atoms with Crippen LogP contribution in [0, 0.1) is 5.92 Å². The fraction of sp³-hybridized carbons (Fsp3) is 0.909. The average Bonchev–Trinajstić information content (AvgIpc) is 2.62. The van der Waals surface area contributed by atoms with Gasteiger partial charge in [-0.1, -0.05) is 20.3 Å². The molecule has 3 atom stereocenters. The highest BCUT2D eigenvalue weighted by Gasteiger charge is 2.48. The summed E-state index contributed by atoms with van der Waals surface area (Å²) in [6.07, 6.45) is 4.42. The molecule has 2 fully saturated rings. The van der Waals surface area contributed by atoms with E-state index in [0.29, 0.717) is 5.92 Å². The van der Waals surface area contributed by atoms with Gasteiger partial charge in [-0.15, -0.1) is 0 Å². The maximum Gasteiger partial charge on any atom is 0.320 e. The number of rotatable bonds is 1. The first-order valence-corrected chi connectivity index (χ1v) is 5.62. The standard InChI is InChI=1S/C9H15NO2.C2H6/c1-9-4-2-3-6(9)5-7(10-9)8(11)12;1-2/h6-7,10H,2-5H2,1H3,(H,11,12);1-2H3/t6?,7?,9-;/m0./s1. The summed E-state index contributed by atoms with van der Waals surface area (Å²) in [6, 6.07) is -0.291. The molecular formula is C11H21NO2. The predicted molar refractivity (Wildman–Crippen MR) is 56.3 cm³/mol. The minimum Gasteiger partial charge on any atom is -0.480 e. The van der Waals surface area contributed by atoms with Gasteiger partial charge in [0, 0.05) is 5.54 Å². The summed E-state index contributed by atoms with van der Waals surface area (Å²) in [5.74, 6) is -0.0933. The van der Waals surface area contributed by atoms with Gasteiger partial charge in [0.2, 0.25) is 0 Å². The van der Waals surface area contributed by atoms with Crippen molar-refractivity contribution in [1.82, 2.24) is 5.32 Å². The van der Waals surface area contributed by atoms with Gasteiger partial charge in [0.25, 0.3) is 0 Å². The molecule has 3 nitrogen and oxygen atoms in total. The van der Waals surface area contributed by atoms with Crippen molar-refractivity contribution in [3.8, 4) is 0 Å². The third kappa shape index (κ3) is 1.92. The molecule has 0 bridgehead atoms. The van der Waals surface area contributed by atoms with E-state index in [2.05, 4.69) is 12.2 Å². The summed E-state index contributed by atoms with van der Waals surface area (Å²) in [5, 5.41) is 12.0. The van der Waals surface area contributed by atoms with Gasteiger partial charge in [-0.05, 0) is 32.1 Å². The summed E-state index contributed by atoms with van der Waals surface area (Å²) in [4.78, 5) is 10.7. The fourth-order valence-corrected chi connectivity index (χ4v) is 2.71. The number of carbonyl (C=O) groups is 1. The first-order valence-electron chi connectivity index (χ1n) is 5.62. The van der Waals surface area contributed by atoms with Crippen LogP contribution in [0.15, 0.2) is 0 Å². The van der Waals surface area contributed by atoms with E-state index >= 15 is 0 Å². The molecule has 0 spiro atoms. The van der Waals surface area contributed by atoms with E-state index in [1.807, 2.05) is 13.8 Å². The Kier molecular flexibility index (Phi) is 3.53. The van der Waals surface area contributed by atoms with E-state index in [4.69, 9.17) is 5.11 Å². The minimum absolute atomic E-state index is 0.128. The number of carboxylic acid groups (broad SMARTS) is 1. The zero-order chi connectivity index (χ0) is 10.8. The van der Waals surface area contributed by atoms with Crippen molar-refractivity contribution >= 4 is 5.97 Å². The van der Waals surface area contributed by atoms with Crippen molar-refractivity contribution in [2.45, 2.75) is 58.0 Å². The molecule has 2 N–H and O–H groups in total. The molecule has 82 valence electrons. The SMILES string of the molecule is CC.C[C@]12CCCC1CC(C(=O)O)N2. The van der Waals surface area contributed by atoms with Crippen LogP contribution in [0.4, 0.5) is 0 Å². The Bertz CT molecular complexity index is 217. The number of hydrogen-bond donors (Lipinski definition) is 2. The molecule has 0 aromatic rings. The summed E-state index contributed by atoms with van der Waals surface area (Å²) in [5.41, 5.74) is 0.128. The van der Waals surface area contributed by atoms with E-state index in [0.717, 1.165) is 12.8 Å². The molecule has 0 aromatic carbocycles. The normalized spacial score (nSPS) is 39.9. The topological polar surface area (TPSA) is 49.3 Å². The molecular weight excluding hydrogens is 178 g/mol. The highest BCUT2D eigenvalue weighted by Crippen LogP contribution is 2.43. The molecule has 1 saturated carbocycles. The van der Waals surface area contributed by atoms with Crippen molar-refractivity contribution < 1.29 is 9.90 Å². The minimum atomic E-state index is -0.689. The highest BCUT2D eigenvalue weighted by atomic mass is 16.4. The second-order valence-electron chi connectivity index (χ2n) is 4.28. The van der Waals surface area contributed by atoms with Crippen LogP contribution >= 0.6 is 0 Å². The summed E-state index contributed by atoms with van der Waals surface area (Å²) < 4.78 is 0. The van der Waals surface area contributed by atoms with Crippen molar-refractivity contribution in [3.63, 3.8) is 0 Å². The largest absolute Gasteiger partial charge is 0.480 e. The molecule has 3 heteroatoms. The molecule has 1 aliphatic carbocycles. The van der Waals surface area contributed by atoms with Crippen LogP contribution in [0.1, 0.15) is 46.5 Å². The Hall–Kier alpha value is -0.570. The number of fused-ring (bicyclic) bond motifs is 1. The van der Waals surface area contributed by atoms with Gasteiger partial charge < -0.3 is 5.11 Å². The summed E-state index contributed by atoms with van der Waals surface area (Å²) >= 11 is 0. The van der Waals surface area contributed by atoms with Crippen LogP contribution in [0.5, 0.6) is 0 Å². The molecule has 2 aliphatic rings. The molecule has 1 saturated heterocycles. The zero-order valence-corrected chi connectivity index (χ0v) is 9.34. The lowest BCUT2D eigenvalue weighted by Gasteiger charge is -2.24. The van der Waals surface area contributed by atoms with E-state index in [-0.39, 0.29) is 11.6 Å². The van der Waals surface area contributed by atoms with Gasteiger partial charge in [0.1, 0.15) is 6.04 Å². The predicted octanol–water partition coefficient (Wildman–Crippen LogP) is 2.02. The van der Waals surface area contributed by atoms with E-state index < -0.39 is 5.97 Å². The molecule has 2 rings (SSSR count). The van der Waals surface area contributed by atoms with Gasteiger partial charge in [0.15, 0.2) is 0 Å². The van der Waals surface area contributed by atoms with Crippen molar-refractivity contribution in [1.29, 1.82) is 0 Å². The van der Waals surface area contributed by atoms with E-state index in [9.17, 15) is 4.79 Å². The maximum absolute atomic E-state index is 10.7. The van der Waals surface area contributed by atoms with E-state index in [1.165, 1.54) is 12.8 Å².